The van der Waals surface area contributed by atoms with Gasteiger partial charge in [-0.05, 0) is 23.6 Å². The number of methoxy groups -OCH3 is 2. The highest BCUT2D eigenvalue weighted by molar-refractivity contribution is 5.69. The summed E-state index contributed by atoms with van der Waals surface area (Å²) < 4.78 is 16.1. The molecule has 0 fully saturated rings. The van der Waals surface area contributed by atoms with Crippen molar-refractivity contribution in [3.63, 3.8) is 0 Å². The van der Waals surface area contributed by atoms with Crippen LogP contribution in [-0.4, -0.2) is 26.8 Å². The molecule has 1 aromatic carbocycles. The Morgan fingerprint density at radius 2 is 1.83 bits per heavy atom. The van der Waals surface area contributed by atoms with E-state index in [1.165, 1.54) is 5.56 Å². The predicted octanol–water partition coefficient (Wildman–Crippen LogP) is 3.00. The molecule has 1 aromatic rings. The molecule has 0 amide bonds. The largest absolute Gasteiger partial charge is 0.352 e. The van der Waals surface area contributed by atoms with Crippen LogP contribution in [0, 0.1) is 0 Å². The maximum absolute atomic E-state index is 5.57. The van der Waals surface area contributed by atoms with Crippen molar-refractivity contribution in [2.45, 2.75) is 32.3 Å². The highest BCUT2D eigenvalue weighted by atomic mass is 16.8. The van der Waals surface area contributed by atoms with Gasteiger partial charge in [-0.15, -0.1) is 0 Å². The lowest BCUT2D eigenvalue weighted by Crippen LogP contribution is -2.16. The van der Waals surface area contributed by atoms with E-state index in [0.29, 0.717) is 0 Å². The minimum Gasteiger partial charge on any atom is -0.352 e. The quantitative estimate of drug-likeness (QED) is 0.801. The van der Waals surface area contributed by atoms with Crippen LogP contribution in [0.1, 0.15) is 24.5 Å². The molecule has 1 heterocycles. The second-order valence-electron chi connectivity index (χ2n) is 4.38. The van der Waals surface area contributed by atoms with E-state index in [1.807, 2.05) is 6.08 Å². The van der Waals surface area contributed by atoms with Crippen LogP contribution in [0.5, 0.6) is 0 Å². The molecule has 18 heavy (non-hydrogen) atoms. The van der Waals surface area contributed by atoms with Gasteiger partial charge in [0.05, 0.1) is 0 Å². The van der Waals surface area contributed by atoms with E-state index in [-0.39, 0.29) is 12.6 Å². The molecule has 0 aromatic heterocycles. The van der Waals surface area contributed by atoms with Gasteiger partial charge >= 0.3 is 0 Å². The number of hydrogen-bond acceptors (Lipinski definition) is 3. The van der Waals surface area contributed by atoms with Gasteiger partial charge in [0.15, 0.2) is 12.6 Å². The zero-order chi connectivity index (χ0) is 13.0. The molecular weight excluding hydrogens is 228 g/mol. The average molecular weight is 248 g/mol. The van der Waals surface area contributed by atoms with E-state index in [4.69, 9.17) is 14.2 Å². The van der Waals surface area contributed by atoms with Crippen LogP contribution in [0.15, 0.2) is 30.3 Å². The van der Waals surface area contributed by atoms with Crippen LogP contribution < -0.4 is 0 Å². The maximum atomic E-state index is 5.57. The topological polar surface area (TPSA) is 27.7 Å². The highest BCUT2D eigenvalue weighted by Crippen LogP contribution is 2.29. The summed E-state index contributed by atoms with van der Waals surface area (Å²) in [6.45, 7) is 2.19. The Kier molecular flexibility index (Phi) is 4.53. The molecule has 0 saturated carbocycles. The van der Waals surface area contributed by atoms with Crippen molar-refractivity contribution in [1.82, 2.24) is 0 Å². The summed E-state index contributed by atoms with van der Waals surface area (Å²) in [6.07, 6.45) is 3.58. The summed E-state index contributed by atoms with van der Waals surface area (Å²) in [7, 11) is 3.27. The van der Waals surface area contributed by atoms with Crippen molar-refractivity contribution < 1.29 is 14.2 Å². The first kappa shape index (κ1) is 13.3. The third-order valence-electron chi connectivity index (χ3n) is 3.10. The van der Waals surface area contributed by atoms with Gasteiger partial charge < -0.3 is 14.2 Å². The monoisotopic (exact) mass is 248 g/mol. The van der Waals surface area contributed by atoms with Gasteiger partial charge in [-0.2, -0.15) is 0 Å². The zero-order valence-corrected chi connectivity index (χ0v) is 11.2. The number of ether oxygens (including phenoxy) is 3. The molecular formula is C15H20O3. The Morgan fingerprint density at radius 3 is 2.39 bits per heavy atom. The van der Waals surface area contributed by atoms with E-state index in [1.54, 1.807) is 14.2 Å². The highest BCUT2D eigenvalue weighted by Gasteiger charge is 2.27. The minimum absolute atomic E-state index is 0.319. The lowest BCUT2D eigenvalue weighted by Gasteiger charge is -2.14. The van der Waals surface area contributed by atoms with E-state index in [0.717, 1.165) is 24.0 Å². The summed E-state index contributed by atoms with van der Waals surface area (Å²) >= 11 is 0. The Hall–Kier alpha value is -1.16. The fraction of sp³-hybridized carbons (Fsp3) is 0.467. The molecule has 2 rings (SSSR count). The summed E-state index contributed by atoms with van der Waals surface area (Å²) in [5, 5.41) is 0. The van der Waals surface area contributed by atoms with Gasteiger partial charge in [0, 0.05) is 19.8 Å². The Bertz CT molecular complexity index is 408. The van der Waals surface area contributed by atoms with Crippen LogP contribution >= 0.6 is 0 Å². The van der Waals surface area contributed by atoms with Crippen molar-refractivity contribution in [2.75, 3.05) is 14.2 Å². The molecule has 0 saturated heterocycles. The molecule has 0 aliphatic carbocycles. The third kappa shape index (κ3) is 2.80. The molecule has 0 radical (unpaired) electrons. The summed E-state index contributed by atoms with van der Waals surface area (Å²) in [6, 6.07) is 8.55. The lowest BCUT2D eigenvalue weighted by atomic mass is 10.0. The lowest BCUT2D eigenvalue weighted by molar-refractivity contribution is -0.170. The molecule has 0 N–H and O–H groups in total. The molecule has 1 aliphatic heterocycles. The van der Waals surface area contributed by atoms with Crippen LogP contribution in [0.4, 0.5) is 0 Å². The van der Waals surface area contributed by atoms with Crippen molar-refractivity contribution in [1.29, 1.82) is 0 Å². The Balaban J connectivity index is 2.19. The minimum atomic E-state index is -0.341. The van der Waals surface area contributed by atoms with E-state index >= 15 is 0 Å². The fourth-order valence-electron chi connectivity index (χ4n) is 2.15. The van der Waals surface area contributed by atoms with Crippen molar-refractivity contribution >= 4 is 5.57 Å². The van der Waals surface area contributed by atoms with Gasteiger partial charge in [-0.25, -0.2) is 0 Å². The van der Waals surface area contributed by atoms with E-state index < -0.39 is 0 Å². The smallest absolute Gasteiger partial charge is 0.187 e. The van der Waals surface area contributed by atoms with E-state index in [2.05, 4.69) is 31.2 Å². The van der Waals surface area contributed by atoms with Crippen LogP contribution in [0.2, 0.25) is 0 Å². The van der Waals surface area contributed by atoms with E-state index in [9.17, 15) is 0 Å². The zero-order valence-electron chi connectivity index (χ0n) is 11.2. The first-order valence-electron chi connectivity index (χ1n) is 6.30. The van der Waals surface area contributed by atoms with Crippen LogP contribution in [0.3, 0.4) is 0 Å². The van der Waals surface area contributed by atoms with Gasteiger partial charge in [0.1, 0.15) is 0 Å². The second kappa shape index (κ2) is 6.14. The fourth-order valence-corrected chi connectivity index (χ4v) is 2.15. The average Bonchev–Trinajstić information content (AvgIpc) is 2.83. The molecule has 98 valence electrons. The molecule has 3 nitrogen and oxygen atoms in total. The summed E-state index contributed by atoms with van der Waals surface area (Å²) in [5.74, 6) is 0. The Morgan fingerprint density at radius 1 is 1.11 bits per heavy atom. The van der Waals surface area contributed by atoms with Gasteiger partial charge in [-0.3, -0.25) is 0 Å². The summed E-state index contributed by atoms with van der Waals surface area (Å²) in [5.41, 5.74) is 3.52. The first-order valence-corrected chi connectivity index (χ1v) is 6.30. The van der Waals surface area contributed by atoms with Gasteiger partial charge in [-0.1, -0.05) is 37.6 Å². The molecule has 1 aliphatic rings. The van der Waals surface area contributed by atoms with Crippen LogP contribution in [-0.2, 0) is 20.6 Å². The molecule has 3 heteroatoms. The molecule has 2 unspecified atom stereocenters. The second-order valence-corrected chi connectivity index (χ2v) is 4.38. The molecule has 0 bridgehead atoms. The maximum Gasteiger partial charge on any atom is 0.187 e. The van der Waals surface area contributed by atoms with Gasteiger partial charge in [0.2, 0.25) is 0 Å². The van der Waals surface area contributed by atoms with Gasteiger partial charge in [0.25, 0.3) is 0 Å². The molecule has 0 spiro atoms. The normalized spacial score (nSPS) is 23.2. The first-order chi connectivity index (χ1) is 8.78. The number of rotatable bonds is 5. The number of benzene rings is 1. The third-order valence-corrected chi connectivity index (χ3v) is 3.10. The SMILES string of the molecule is CCCc1ccc(C2=CC(OC)OC2OC)cc1. The van der Waals surface area contributed by atoms with Crippen molar-refractivity contribution in [2.24, 2.45) is 0 Å². The van der Waals surface area contributed by atoms with Crippen molar-refractivity contribution in [3.8, 4) is 0 Å². The van der Waals surface area contributed by atoms with Crippen molar-refractivity contribution in [3.05, 3.63) is 41.5 Å². The summed E-state index contributed by atoms with van der Waals surface area (Å²) in [4.78, 5) is 0. The standard InChI is InChI=1S/C15H20O3/c1-4-5-11-6-8-12(9-7-11)13-10-14(16-2)18-15(13)17-3/h6-10,14-15H,4-5H2,1-3H3. The number of hydrogen-bond donors (Lipinski definition) is 0. The molecule has 2 atom stereocenters. The Labute approximate surface area is 108 Å². The van der Waals surface area contributed by atoms with Crippen LogP contribution in [0.25, 0.3) is 5.57 Å². The predicted molar refractivity (Wildman–Crippen MR) is 71.1 cm³/mol. The number of aryl methyl sites for hydroxylation is 1.